The molecular weight excluding hydrogens is 240 g/mol. The summed E-state index contributed by atoms with van der Waals surface area (Å²) in [6, 6.07) is 9.22. The lowest BCUT2D eigenvalue weighted by Crippen LogP contribution is -2.25. The number of nitrogens with one attached hydrogen (secondary N) is 1. The molecule has 1 N–H and O–H groups in total. The highest BCUT2D eigenvalue weighted by molar-refractivity contribution is 5.94. The minimum absolute atomic E-state index is 0.107. The molecule has 0 aliphatic rings. The van der Waals surface area contributed by atoms with Crippen LogP contribution in [0.1, 0.15) is 36.2 Å². The van der Waals surface area contributed by atoms with E-state index in [1.54, 1.807) is 18.2 Å². The Labute approximate surface area is 114 Å². The summed E-state index contributed by atoms with van der Waals surface area (Å²) in [7, 11) is 0. The molecule has 0 bridgehead atoms. The van der Waals surface area contributed by atoms with Gasteiger partial charge in [0.15, 0.2) is 0 Å². The number of benzene rings is 1. The highest BCUT2D eigenvalue weighted by Crippen LogP contribution is 2.05. The number of amides is 1. The van der Waals surface area contributed by atoms with Crippen LogP contribution in [0.4, 0.5) is 0 Å². The second kappa shape index (κ2) is 8.28. The van der Waals surface area contributed by atoms with E-state index in [1.807, 2.05) is 19.9 Å². The lowest BCUT2D eigenvalue weighted by Gasteiger charge is -2.08. The number of nitriles is 1. The van der Waals surface area contributed by atoms with Crippen LogP contribution in [0.3, 0.4) is 0 Å². The van der Waals surface area contributed by atoms with Crippen molar-refractivity contribution in [2.24, 2.45) is 0 Å². The Bertz CT molecular complexity index is 450. The van der Waals surface area contributed by atoms with Crippen LogP contribution in [0, 0.1) is 11.3 Å². The van der Waals surface area contributed by atoms with Gasteiger partial charge in [-0.05, 0) is 38.0 Å². The first kappa shape index (κ1) is 15.2. The van der Waals surface area contributed by atoms with Crippen LogP contribution in [-0.2, 0) is 11.2 Å². The fraction of sp³-hybridized carbons (Fsp3) is 0.467. The summed E-state index contributed by atoms with van der Waals surface area (Å²) in [6.07, 6.45) is 1.34. The predicted molar refractivity (Wildman–Crippen MR) is 73.8 cm³/mol. The largest absolute Gasteiger partial charge is 0.379 e. The zero-order valence-electron chi connectivity index (χ0n) is 11.5. The molecule has 4 nitrogen and oxygen atoms in total. The van der Waals surface area contributed by atoms with Gasteiger partial charge in [-0.2, -0.15) is 5.26 Å². The SMILES string of the molecule is CC(C)OCCCNC(=O)c1cccc(CC#N)c1. The molecule has 0 atom stereocenters. The molecule has 0 radical (unpaired) electrons. The monoisotopic (exact) mass is 260 g/mol. The molecular formula is C15H20N2O2. The van der Waals surface area contributed by atoms with Crippen LogP contribution in [-0.4, -0.2) is 25.2 Å². The van der Waals surface area contributed by atoms with E-state index in [-0.39, 0.29) is 12.0 Å². The zero-order valence-corrected chi connectivity index (χ0v) is 11.5. The highest BCUT2D eigenvalue weighted by atomic mass is 16.5. The number of ether oxygens (including phenoxy) is 1. The fourth-order valence-corrected chi connectivity index (χ4v) is 1.61. The van der Waals surface area contributed by atoms with Gasteiger partial charge in [0, 0.05) is 18.7 Å². The van der Waals surface area contributed by atoms with E-state index in [0.29, 0.717) is 25.1 Å². The Hall–Kier alpha value is -1.86. The number of rotatable bonds is 7. The van der Waals surface area contributed by atoms with E-state index >= 15 is 0 Å². The molecule has 19 heavy (non-hydrogen) atoms. The van der Waals surface area contributed by atoms with Crippen LogP contribution in [0.25, 0.3) is 0 Å². The minimum atomic E-state index is -0.107. The molecule has 1 aromatic rings. The molecule has 4 heteroatoms. The van der Waals surface area contributed by atoms with Crippen LogP contribution in [0.5, 0.6) is 0 Å². The molecule has 0 saturated carbocycles. The van der Waals surface area contributed by atoms with Crippen molar-refractivity contribution in [3.05, 3.63) is 35.4 Å². The summed E-state index contributed by atoms with van der Waals surface area (Å²) in [5.41, 5.74) is 1.45. The van der Waals surface area contributed by atoms with Gasteiger partial charge in [0.1, 0.15) is 0 Å². The van der Waals surface area contributed by atoms with Crippen molar-refractivity contribution in [2.75, 3.05) is 13.2 Å². The van der Waals surface area contributed by atoms with Gasteiger partial charge in [-0.3, -0.25) is 4.79 Å². The molecule has 0 heterocycles. The predicted octanol–water partition coefficient (Wildman–Crippen LogP) is 2.30. The van der Waals surface area contributed by atoms with E-state index in [4.69, 9.17) is 10.00 Å². The van der Waals surface area contributed by atoms with Gasteiger partial charge in [0.2, 0.25) is 0 Å². The van der Waals surface area contributed by atoms with Crippen molar-refractivity contribution >= 4 is 5.91 Å². The van der Waals surface area contributed by atoms with Crippen molar-refractivity contribution in [3.8, 4) is 6.07 Å². The Morgan fingerprint density at radius 2 is 2.26 bits per heavy atom. The van der Waals surface area contributed by atoms with E-state index in [2.05, 4.69) is 11.4 Å². The Morgan fingerprint density at radius 1 is 1.47 bits per heavy atom. The standard InChI is InChI=1S/C15H20N2O2/c1-12(2)19-10-4-9-17-15(18)14-6-3-5-13(11-14)7-8-16/h3,5-6,11-12H,4,7,9-10H2,1-2H3,(H,17,18). The van der Waals surface area contributed by atoms with Crippen LogP contribution in [0.15, 0.2) is 24.3 Å². The van der Waals surface area contributed by atoms with E-state index in [1.165, 1.54) is 0 Å². The van der Waals surface area contributed by atoms with Crippen molar-refractivity contribution in [1.82, 2.24) is 5.32 Å². The quantitative estimate of drug-likeness (QED) is 0.765. The molecule has 0 spiro atoms. The summed E-state index contributed by atoms with van der Waals surface area (Å²) in [6.45, 7) is 5.21. The van der Waals surface area contributed by atoms with Crippen LogP contribution < -0.4 is 5.32 Å². The maximum Gasteiger partial charge on any atom is 0.251 e. The average Bonchev–Trinajstić information content (AvgIpc) is 2.38. The van der Waals surface area contributed by atoms with Gasteiger partial charge in [0.25, 0.3) is 5.91 Å². The molecule has 102 valence electrons. The van der Waals surface area contributed by atoms with Gasteiger partial charge in [-0.15, -0.1) is 0 Å². The number of nitrogens with zero attached hydrogens (tertiary/aromatic N) is 1. The van der Waals surface area contributed by atoms with E-state index < -0.39 is 0 Å². The third kappa shape index (κ3) is 6.03. The summed E-state index contributed by atoms with van der Waals surface area (Å²) in [4.78, 5) is 11.9. The summed E-state index contributed by atoms with van der Waals surface area (Å²) in [5, 5.41) is 11.5. The van der Waals surface area contributed by atoms with Crippen LogP contribution in [0.2, 0.25) is 0 Å². The van der Waals surface area contributed by atoms with E-state index in [9.17, 15) is 4.79 Å². The Balaban J connectivity index is 2.37. The van der Waals surface area contributed by atoms with E-state index in [0.717, 1.165) is 12.0 Å². The number of carbonyl (C=O) groups excluding carboxylic acids is 1. The molecule has 0 unspecified atom stereocenters. The summed E-state index contributed by atoms with van der Waals surface area (Å²) in [5.74, 6) is -0.107. The second-order valence-corrected chi connectivity index (χ2v) is 4.56. The first-order valence-corrected chi connectivity index (χ1v) is 6.49. The lowest BCUT2D eigenvalue weighted by molar-refractivity contribution is 0.0757. The number of hydrogen-bond donors (Lipinski definition) is 1. The Morgan fingerprint density at radius 3 is 2.95 bits per heavy atom. The molecule has 0 aliphatic carbocycles. The summed E-state index contributed by atoms with van der Waals surface area (Å²) < 4.78 is 5.39. The van der Waals surface area contributed by atoms with Gasteiger partial charge in [-0.1, -0.05) is 12.1 Å². The third-order valence-electron chi connectivity index (χ3n) is 2.53. The van der Waals surface area contributed by atoms with Crippen molar-refractivity contribution in [3.63, 3.8) is 0 Å². The maximum absolute atomic E-state index is 11.9. The minimum Gasteiger partial charge on any atom is -0.379 e. The molecule has 0 aromatic heterocycles. The number of carbonyl (C=O) groups is 1. The highest BCUT2D eigenvalue weighted by Gasteiger charge is 2.05. The second-order valence-electron chi connectivity index (χ2n) is 4.56. The summed E-state index contributed by atoms with van der Waals surface area (Å²) >= 11 is 0. The first-order chi connectivity index (χ1) is 9.13. The Kier molecular flexibility index (Phi) is 6.62. The topological polar surface area (TPSA) is 62.1 Å². The third-order valence-corrected chi connectivity index (χ3v) is 2.53. The molecule has 0 aliphatic heterocycles. The molecule has 1 rings (SSSR count). The fourth-order valence-electron chi connectivity index (χ4n) is 1.61. The van der Waals surface area contributed by atoms with Gasteiger partial charge in [-0.25, -0.2) is 0 Å². The van der Waals surface area contributed by atoms with Crippen molar-refractivity contribution in [2.45, 2.75) is 32.8 Å². The number of hydrogen-bond acceptors (Lipinski definition) is 3. The smallest absolute Gasteiger partial charge is 0.251 e. The maximum atomic E-state index is 11.9. The zero-order chi connectivity index (χ0) is 14.1. The molecule has 0 saturated heterocycles. The van der Waals surface area contributed by atoms with Crippen molar-refractivity contribution in [1.29, 1.82) is 5.26 Å². The first-order valence-electron chi connectivity index (χ1n) is 6.49. The van der Waals surface area contributed by atoms with Crippen molar-refractivity contribution < 1.29 is 9.53 Å². The average molecular weight is 260 g/mol. The molecule has 1 aromatic carbocycles. The normalized spacial score (nSPS) is 10.2. The lowest BCUT2D eigenvalue weighted by atomic mass is 10.1. The molecule has 0 fully saturated rings. The van der Waals surface area contributed by atoms with Gasteiger partial charge in [0.05, 0.1) is 18.6 Å². The van der Waals surface area contributed by atoms with Gasteiger partial charge < -0.3 is 10.1 Å². The molecule has 1 amide bonds. The van der Waals surface area contributed by atoms with Gasteiger partial charge >= 0.3 is 0 Å². The van der Waals surface area contributed by atoms with Crippen LogP contribution >= 0.6 is 0 Å².